The fraction of sp³-hybridized carbons (Fsp3) is 0.667. The van der Waals surface area contributed by atoms with Crippen LogP contribution in [0.1, 0.15) is 55.9 Å². The summed E-state index contributed by atoms with van der Waals surface area (Å²) in [6.45, 7) is 0. The Morgan fingerprint density at radius 3 is 2.81 bits per heavy atom. The predicted octanol–water partition coefficient (Wildman–Crippen LogP) is 2.98. The molecular weight excluding hydrogens is 284 g/mol. The topological polar surface area (TPSA) is 77.8 Å². The highest BCUT2D eigenvalue weighted by atomic mass is 32.1. The van der Waals surface area contributed by atoms with Gasteiger partial charge in [0, 0.05) is 17.9 Å². The Morgan fingerprint density at radius 1 is 1.33 bits per heavy atom. The van der Waals surface area contributed by atoms with Gasteiger partial charge in [-0.15, -0.1) is 11.3 Å². The Bertz CT molecular complexity index is 538. The number of thiazole rings is 1. The van der Waals surface area contributed by atoms with Gasteiger partial charge in [0.1, 0.15) is 5.00 Å². The Hall–Kier alpha value is -1.61. The molecule has 2 aliphatic rings. The largest absolute Gasteiger partial charge is 0.321 e. The van der Waals surface area contributed by atoms with Crippen LogP contribution in [-0.4, -0.2) is 16.9 Å². The normalized spacial score (nSPS) is 25.7. The van der Waals surface area contributed by atoms with E-state index in [0.29, 0.717) is 5.92 Å². The second-order valence-electron chi connectivity index (χ2n) is 6.01. The molecule has 1 heterocycles. The predicted molar refractivity (Wildman–Crippen MR) is 81.8 cm³/mol. The van der Waals surface area contributed by atoms with Crippen LogP contribution in [-0.2, 0) is 4.79 Å². The number of nitrogens with zero attached hydrogens (tertiary/aromatic N) is 2. The molecule has 0 atom stereocenters. The first-order valence-corrected chi connectivity index (χ1v) is 8.49. The summed E-state index contributed by atoms with van der Waals surface area (Å²) in [6.07, 6.45) is 11.6. The number of anilines is 1. The van der Waals surface area contributed by atoms with Crippen LogP contribution in [0.3, 0.4) is 0 Å². The monoisotopic (exact) mass is 304 g/mol. The van der Waals surface area contributed by atoms with Crippen molar-refractivity contribution < 1.29 is 4.79 Å². The Balaban J connectivity index is 1.50. The number of rotatable bonds is 4. The molecule has 0 bridgehead atoms. The van der Waals surface area contributed by atoms with Gasteiger partial charge in [-0.3, -0.25) is 4.79 Å². The molecule has 2 aliphatic carbocycles. The quantitative estimate of drug-likeness (QED) is 0.662. The van der Waals surface area contributed by atoms with E-state index in [2.05, 4.69) is 15.6 Å². The summed E-state index contributed by atoms with van der Waals surface area (Å²) in [5.74, 6) is 0.670. The van der Waals surface area contributed by atoms with Crippen LogP contribution in [0.2, 0.25) is 0 Å². The number of amides is 1. The maximum Gasteiger partial charge on any atom is 0.228 e. The molecule has 1 amide bonds. The molecule has 6 heteroatoms. The third-order valence-corrected chi connectivity index (χ3v) is 5.58. The molecule has 0 saturated heterocycles. The molecule has 21 heavy (non-hydrogen) atoms. The van der Waals surface area contributed by atoms with Crippen LogP contribution >= 0.6 is 11.3 Å². The van der Waals surface area contributed by atoms with Gasteiger partial charge in [-0.1, -0.05) is 19.3 Å². The average molecular weight is 304 g/mol. The number of carbonyl (C=O) groups is 1. The van der Waals surface area contributed by atoms with Crippen molar-refractivity contribution in [2.45, 2.75) is 56.9 Å². The van der Waals surface area contributed by atoms with Crippen LogP contribution in [0.25, 0.3) is 0 Å². The summed E-state index contributed by atoms with van der Waals surface area (Å²) in [7, 11) is 0. The maximum absolute atomic E-state index is 12.1. The number of carbonyl (C=O) groups excluding carboxylic acids is 1. The molecular formula is C15H20N4OS. The zero-order chi connectivity index (χ0) is 14.7. The second-order valence-corrected chi connectivity index (χ2v) is 7.07. The summed E-state index contributed by atoms with van der Waals surface area (Å²) in [5, 5.41) is 16.2. The molecule has 2 saturated carbocycles. The molecule has 3 rings (SSSR count). The van der Waals surface area contributed by atoms with Crippen molar-refractivity contribution in [1.29, 1.82) is 5.26 Å². The fourth-order valence-electron chi connectivity index (χ4n) is 3.15. The smallest absolute Gasteiger partial charge is 0.228 e. The molecule has 0 radical (unpaired) electrons. The first-order chi connectivity index (χ1) is 10.3. The van der Waals surface area contributed by atoms with E-state index in [1.165, 1.54) is 37.1 Å². The van der Waals surface area contributed by atoms with E-state index in [1.807, 2.05) is 6.19 Å². The molecule has 0 unspecified atom stereocenters. The molecule has 1 aromatic rings. The summed E-state index contributed by atoms with van der Waals surface area (Å²) < 4.78 is 0. The van der Waals surface area contributed by atoms with Gasteiger partial charge in [0.05, 0.1) is 11.2 Å². The summed E-state index contributed by atoms with van der Waals surface area (Å²) >= 11 is 1.62. The lowest BCUT2D eigenvalue weighted by molar-refractivity contribution is -0.122. The van der Waals surface area contributed by atoms with Crippen molar-refractivity contribution >= 4 is 22.2 Å². The second kappa shape index (κ2) is 6.44. The SMILES string of the molecule is N#CN[C@H]1C[C@H](C(=O)Nc2cnc(C3CCCCC3)s2)C1. The van der Waals surface area contributed by atoms with Gasteiger partial charge in [0.2, 0.25) is 5.91 Å². The fourth-order valence-corrected chi connectivity index (χ4v) is 4.14. The van der Waals surface area contributed by atoms with E-state index in [4.69, 9.17) is 5.26 Å². The molecule has 1 aromatic heterocycles. The molecule has 5 nitrogen and oxygen atoms in total. The van der Waals surface area contributed by atoms with Crippen molar-refractivity contribution in [1.82, 2.24) is 10.3 Å². The van der Waals surface area contributed by atoms with E-state index in [0.717, 1.165) is 17.8 Å². The maximum atomic E-state index is 12.1. The van der Waals surface area contributed by atoms with Crippen molar-refractivity contribution in [2.24, 2.45) is 5.92 Å². The van der Waals surface area contributed by atoms with Gasteiger partial charge in [-0.2, -0.15) is 5.26 Å². The minimum Gasteiger partial charge on any atom is -0.321 e. The number of nitriles is 1. The van der Waals surface area contributed by atoms with Crippen molar-refractivity contribution in [3.8, 4) is 6.19 Å². The van der Waals surface area contributed by atoms with Gasteiger partial charge in [-0.05, 0) is 25.7 Å². The standard InChI is InChI=1S/C15H20N4OS/c16-9-18-12-6-11(7-12)14(20)19-13-8-17-15(21-13)10-4-2-1-3-5-10/h8,10-12,18H,1-7H2,(H,19,20)/t11-,12-. The van der Waals surface area contributed by atoms with Crippen molar-refractivity contribution in [2.75, 3.05) is 5.32 Å². The first-order valence-electron chi connectivity index (χ1n) is 7.67. The molecule has 0 aliphatic heterocycles. The van der Waals surface area contributed by atoms with E-state index < -0.39 is 0 Å². The number of aromatic nitrogens is 1. The van der Waals surface area contributed by atoms with Gasteiger partial charge in [0.25, 0.3) is 0 Å². The Kier molecular flexibility index (Phi) is 4.39. The Labute approximate surface area is 128 Å². The zero-order valence-corrected chi connectivity index (χ0v) is 12.8. The average Bonchev–Trinajstić information content (AvgIpc) is 2.91. The van der Waals surface area contributed by atoms with Gasteiger partial charge in [0.15, 0.2) is 6.19 Å². The third kappa shape index (κ3) is 3.35. The minimum absolute atomic E-state index is 0.0241. The first kappa shape index (κ1) is 14.3. The number of hydrogen-bond acceptors (Lipinski definition) is 5. The zero-order valence-electron chi connectivity index (χ0n) is 12.0. The van der Waals surface area contributed by atoms with Crippen LogP contribution in [0, 0.1) is 17.4 Å². The van der Waals surface area contributed by atoms with E-state index in [1.54, 1.807) is 17.5 Å². The van der Waals surface area contributed by atoms with Crippen LogP contribution in [0.4, 0.5) is 5.00 Å². The van der Waals surface area contributed by atoms with E-state index in [-0.39, 0.29) is 17.9 Å². The molecule has 2 N–H and O–H groups in total. The lowest BCUT2D eigenvalue weighted by Gasteiger charge is -2.32. The van der Waals surface area contributed by atoms with Gasteiger partial charge >= 0.3 is 0 Å². The highest BCUT2D eigenvalue weighted by molar-refractivity contribution is 7.15. The molecule has 0 aromatic carbocycles. The van der Waals surface area contributed by atoms with Gasteiger partial charge in [-0.25, -0.2) is 4.98 Å². The highest BCUT2D eigenvalue weighted by Gasteiger charge is 2.34. The summed E-state index contributed by atoms with van der Waals surface area (Å²) in [4.78, 5) is 16.6. The molecule has 2 fully saturated rings. The summed E-state index contributed by atoms with van der Waals surface area (Å²) in [5.41, 5.74) is 0. The lowest BCUT2D eigenvalue weighted by Crippen LogP contribution is -2.44. The lowest BCUT2D eigenvalue weighted by atomic mass is 9.80. The number of nitrogens with one attached hydrogen (secondary N) is 2. The molecule has 0 spiro atoms. The van der Waals surface area contributed by atoms with Crippen LogP contribution < -0.4 is 10.6 Å². The van der Waals surface area contributed by atoms with Gasteiger partial charge < -0.3 is 10.6 Å². The highest BCUT2D eigenvalue weighted by Crippen LogP contribution is 2.36. The van der Waals surface area contributed by atoms with E-state index >= 15 is 0 Å². The van der Waals surface area contributed by atoms with Crippen molar-refractivity contribution in [3.05, 3.63) is 11.2 Å². The van der Waals surface area contributed by atoms with E-state index in [9.17, 15) is 4.79 Å². The van der Waals surface area contributed by atoms with Crippen molar-refractivity contribution in [3.63, 3.8) is 0 Å². The van der Waals surface area contributed by atoms with Crippen LogP contribution in [0.15, 0.2) is 6.20 Å². The minimum atomic E-state index is 0.0241. The number of hydrogen-bond donors (Lipinski definition) is 2. The summed E-state index contributed by atoms with van der Waals surface area (Å²) in [6, 6.07) is 0.171. The Morgan fingerprint density at radius 2 is 2.10 bits per heavy atom. The van der Waals surface area contributed by atoms with Crippen LogP contribution in [0.5, 0.6) is 0 Å². The third-order valence-electron chi connectivity index (χ3n) is 4.50. The molecule has 112 valence electrons.